The molecule has 0 fully saturated rings. The first-order valence-electron chi connectivity index (χ1n) is 11.2. The number of alkyl halides is 3. The molecule has 0 aliphatic carbocycles. The quantitative estimate of drug-likeness (QED) is 0.438. The maximum atomic E-state index is 13.6. The second kappa shape index (κ2) is 10.3. The van der Waals surface area contributed by atoms with Gasteiger partial charge in [-0.05, 0) is 55.9 Å². The molecule has 2 heterocycles. The molecule has 190 valence electrons. The fourth-order valence-electron chi connectivity index (χ4n) is 4.24. The van der Waals surface area contributed by atoms with E-state index in [1.54, 1.807) is 72.4 Å². The number of hydrogen-bond acceptors (Lipinski definition) is 5. The Labute approximate surface area is 210 Å². The number of likely N-dealkylation sites (N-methyl/N-ethyl adjacent to an activating group) is 1. The lowest BCUT2D eigenvalue weighted by molar-refractivity contribution is -0.140. The molecule has 0 saturated heterocycles. The van der Waals surface area contributed by atoms with E-state index in [-0.39, 0.29) is 24.5 Å². The van der Waals surface area contributed by atoms with E-state index >= 15 is 0 Å². The second-order valence-corrected chi connectivity index (χ2v) is 9.85. The standard InChI is InChI=1S/C26H25F3N2O4S/c1-30(2)22(14-23(32)33)25(34)31-11-10-17-12-18(8-9-21(17)31)35-15-19-13-20(16-6-4-3-5-7-16)24(36-19)26(27,28)29/h3-9,12-13,22H,10-11,14-15H2,1-2H3,(H,32,33)/t22-/m0/s1. The van der Waals surface area contributed by atoms with Gasteiger partial charge in [0, 0.05) is 22.7 Å². The minimum absolute atomic E-state index is 0.0245. The summed E-state index contributed by atoms with van der Waals surface area (Å²) in [5.41, 5.74) is 2.17. The Hall–Kier alpha value is -3.37. The molecule has 0 radical (unpaired) electrons. The molecule has 6 nitrogen and oxygen atoms in total. The van der Waals surface area contributed by atoms with Crippen molar-refractivity contribution in [3.8, 4) is 16.9 Å². The molecule has 1 atom stereocenters. The highest BCUT2D eigenvalue weighted by Gasteiger charge is 2.36. The molecular weight excluding hydrogens is 493 g/mol. The van der Waals surface area contributed by atoms with Gasteiger partial charge in [-0.2, -0.15) is 13.2 Å². The Morgan fingerprint density at radius 2 is 1.86 bits per heavy atom. The molecule has 0 unspecified atom stereocenters. The predicted octanol–water partition coefficient (Wildman–Crippen LogP) is 5.31. The van der Waals surface area contributed by atoms with Crippen molar-refractivity contribution >= 4 is 28.9 Å². The Kier molecular flexibility index (Phi) is 7.37. The molecule has 1 amide bonds. The molecule has 0 spiro atoms. The number of nitrogens with zero attached hydrogens (tertiary/aromatic N) is 2. The molecule has 1 aliphatic heterocycles. The van der Waals surface area contributed by atoms with Crippen LogP contribution in [0.15, 0.2) is 54.6 Å². The Balaban J connectivity index is 1.50. The summed E-state index contributed by atoms with van der Waals surface area (Å²) in [6.45, 7) is 0.394. The number of carboxylic acids is 1. The Morgan fingerprint density at radius 3 is 2.50 bits per heavy atom. The SMILES string of the molecule is CN(C)[C@@H](CC(=O)O)C(=O)N1CCc2cc(OCc3cc(-c4ccccc4)c(C(F)(F)F)s3)ccc21. The number of halogens is 3. The van der Waals surface area contributed by atoms with E-state index in [1.165, 1.54) is 6.07 Å². The van der Waals surface area contributed by atoms with Gasteiger partial charge in [-0.15, -0.1) is 11.3 Å². The lowest BCUT2D eigenvalue weighted by Gasteiger charge is -2.27. The van der Waals surface area contributed by atoms with E-state index < -0.39 is 23.1 Å². The van der Waals surface area contributed by atoms with Crippen LogP contribution in [0.5, 0.6) is 5.75 Å². The minimum atomic E-state index is -4.47. The number of thiophene rings is 1. The highest BCUT2D eigenvalue weighted by Crippen LogP contribution is 2.43. The fourth-order valence-corrected chi connectivity index (χ4v) is 5.20. The fraction of sp³-hybridized carbons (Fsp3) is 0.308. The molecule has 1 aromatic heterocycles. The highest BCUT2D eigenvalue weighted by molar-refractivity contribution is 7.12. The van der Waals surface area contributed by atoms with Crippen LogP contribution in [-0.4, -0.2) is 48.6 Å². The number of carbonyl (C=O) groups is 2. The average Bonchev–Trinajstić information content (AvgIpc) is 3.45. The van der Waals surface area contributed by atoms with Crippen LogP contribution in [0.4, 0.5) is 18.9 Å². The van der Waals surface area contributed by atoms with Crippen LogP contribution in [-0.2, 0) is 28.8 Å². The first-order valence-corrected chi connectivity index (χ1v) is 12.1. The van der Waals surface area contributed by atoms with Crippen LogP contribution in [0, 0.1) is 0 Å². The summed E-state index contributed by atoms with van der Waals surface area (Å²) >= 11 is 0.665. The van der Waals surface area contributed by atoms with Gasteiger partial charge >= 0.3 is 12.1 Å². The van der Waals surface area contributed by atoms with E-state index in [1.807, 2.05) is 0 Å². The Morgan fingerprint density at radius 1 is 1.14 bits per heavy atom. The zero-order chi connectivity index (χ0) is 26.0. The van der Waals surface area contributed by atoms with Crippen molar-refractivity contribution in [1.82, 2.24) is 4.90 Å². The molecule has 3 aromatic rings. The van der Waals surface area contributed by atoms with Gasteiger partial charge < -0.3 is 14.7 Å². The van der Waals surface area contributed by atoms with Gasteiger partial charge in [0.25, 0.3) is 0 Å². The van der Waals surface area contributed by atoms with E-state index in [9.17, 15) is 22.8 Å². The Bertz CT molecular complexity index is 1260. The molecule has 36 heavy (non-hydrogen) atoms. The number of fused-ring (bicyclic) bond motifs is 1. The van der Waals surface area contributed by atoms with Gasteiger partial charge in [-0.1, -0.05) is 30.3 Å². The van der Waals surface area contributed by atoms with Gasteiger partial charge in [0.2, 0.25) is 5.91 Å². The normalized spacial score (nSPS) is 14.1. The van der Waals surface area contributed by atoms with Gasteiger partial charge in [0.05, 0.1) is 12.5 Å². The summed E-state index contributed by atoms with van der Waals surface area (Å²) < 4.78 is 46.7. The molecule has 2 aromatic carbocycles. The number of anilines is 1. The number of ether oxygens (including phenoxy) is 1. The lowest BCUT2D eigenvalue weighted by atomic mass is 10.1. The van der Waals surface area contributed by atoms with Gasteiger partial charge in [-0.25, -0.2) is 0 Å². The number of aliphatic carboxylic acids is 1. The molecular formula is C26H25F3N2O4S. The zero-order valence-electron chi connectivity index (χ0n) is 19.7. The lowest BCUT2D eigenvalue weighted by Crippen LogP contribution is -2.46. The number of benzene rings is 2. The van der Waals surface area contributed by atoms with Crippen LogP contribution in [0.25, 0.3) is 11.1 Å². The number of amides is 1. The van der Waals surface area contributed by atoms with Crippen LogP contribution in [0.2, 0.25) is 0 Å². The molecule has 1 N–H and O–H groups in total. The van der Waals surface area contributed by atoms with Crippen LogP contribution < -0.4 is 9.64 Å². The molecule has 0 bridgehead atoms. The van der Waals surface area contributed by atoms with Crippen molar-refractivity contribution in [2.75, 3.05) is 25.5 Å². The number of carbonyl (C=O) groups excluding carboxylic acids is 1. The van der Waals surface area contributed by atoms with E-state index in [0.717, 1.165) is 5.56 Å². The molecule has 1 aliphatic rings. The number of carboxylic acid groups (broad SMARTS) is 1. The molecule has 0 saturated carbocycles. The minimum Gasteiger partial charge on any atom is -0.488 e. The average molecular weight is 519 g/mol. The van der Waals surface area contributed by atoms with Crippen LogP contribution >= 0.6 is 11.3 Å². The van der Waals surface area contributed by atoms with E-state index in [4.69, 9.17) is 9.84 Å². The van der Waals surface area contributed by atoms with Gasteiger partial charge in [0.1, 0.15) is 17.2 Å². The summed E-state index contributed by atoms with van der Waals surface area (Å²) in [7, 11) is 3.33. The summed E-state index contributed by atoms with van der Waals surface area (Å²) in [4.78, 5) is 27.2. The third-order valence-electron chi connectivity index (χ3n) is 6.00. The largest absolute Gasteiger partial charge is 0.488 e. The predicted molar refractivity (Wildman–Crippen MR) is 131 cm³/mol. The summed E-state index contributed by atoms with van der Waals surface area (Å²) in [5.74, 6) is -0.856. The summed E-state index contributed by atoms with van der Waals surface area (Å²) in [6.07, 6.45) is -4.20. The monoisotopic (exact) mass is 518 g/mol. The second-order valence-electron chi connectivity index (χ2n) is 8.72. The van der Waals surface area contributed by atoms with Crippen molar-refractivity contribution in [2.45, 2.75) is 31.7 Å². The third kappa shape index (κ3) is 5.55. The van der Waals surface area contributed by atoms with Crippen LogP contribution in [0.1, 0.15) is 21.7 Å². The summed E-state index contributed by atoms with van der Waals surface area (Å²) in [5, 5.41) is 9.16. The first-order chi connectivity index (χ1) is 17.0. The van der Waals surface area contributed by atoms with Crippen LogP contribution in [0.3, 0.4) is 0 Å². The number of hydrogen-bond donors (Lipinski definition) is 1. The van der Waals surface area contributed by atoms with Gasteiger partial charge in [0.15, 0.2) is 0 Å². The van der Waals surface area contributed by atoms with Crippen molar-refractivity contribution in [2.24, 2.45) is 0 Å². The maximum Gasteiger partial charge on any atom is 0.426 e. The topological polar surface area (TPSA) is 70.1 Å². The smallest absolute Gasteiger partial charge is 0.426 e. The van der Waals surface area contributed by atoms with E-state index in [0.29, 0.717) is 46.2 Å². The van der Waals surface area contributed by atoms with Crippen molar-refractivity contribution in [1.29, 1.82) is 0 Å². The highest BCUT2D eigenvalue weighted by atomic mass is 32.1. The van der Waals surface area contributed by atoms with Crippen molar-refractivity contribution in [3.63, 3.8) is 0 Å². The molecule has 10 heteroatoms. The van der Waals surface area contributed by atoms with Crippen molar-refractivity contribution in [3.05, 3.63) is 69.9 Å². The zero-order valence-corrected chi connectivity index (χ0v) is 20.5. The van der Waals surface area contributed by atoms with Crippen molar-refractivity contribution < 1.29 is 32.6 Å². The number of rotatable bonds is 8. The molecule has 4 rings (SSSR count). The first kappa shape index (κ1) is 25.7. The summed E-state index contributed by atoms with van der Waals surface area (Å²) in [6, 6.07) is 14.3. The third-order valence-corrected chi connectivity index (χ3v) is 7.15. The van der Waals surface area contributed by atoms with E-state index in [2.05, 4.69) is 0 Å². The maximum absolute atomic E-state index is 13.6. The van der Waals surface area contributed by atoms with Gasteiger partial charge in [-0.3, -0.25) is 14.5 Å².